The second-order valence-corrected chi connectivity index (χ2v) is 9.74. The summed E-state index contributed by atoms with van der Waals surface area (Å²) in [6, 6.07) is 20.7. The van der Waals surface area contributed by atoms with Crippen molar-refractivity contribution in [3.63, 3.8) is 0 Å². The first-order valence-electron chi connectivity index (χ1n) is 13.8. The molecule has 0 fully saturated rings. The largest absolute Gasteiger partial charge is 0.347 e. The van der Waals surface area contributed by atoms with Gasteiger partial charge < -0.3 is 14.0 Å². The smallest absolute Gasteiger partial charge is 0.231 e. The third-order valence-corrected chi connectivity index (χ3v) is 7.16. The third-order valence-electron chi connectivity index (χ3n) is 7.16. The zero-order chi connectivity index (χ0) is 28.0. The molecule has 0 atom stereocenters. The molecule has 3 heterocycles. The first-order valence-corrected chi connectivity index (χ1v) is 13.8. The molecular weight excluding hydrogens is 504 g/mol. The Hall–Kier alpha value is -4.15. The number of aromatic nitrogens is 8. The van der Waals surface area contributed by atoms with Crippen LogP contribution >= 0.6 is 0 Å². The fourth-order valence-corrected chi connectivity index (χ4v) is 5.02. The van der Waals surface area contributed by atoms with Gasteiger partial charge in [0.1, 0.15) is 11.5 Å². The summed E-state index contributed by atoms with van der Waals surface area (Å²) in [5, 5.41) is 19.8. The molecule has 0 bridgehead atoms. The third kappa shape index (κ3) is 5.45. The summed E-state index contributed by atoms with van der Waals surface area (Å²) in [7, 11) is 3.30. The predicted molar refractivity (Wildman–Crippen MR) is 153 cm³/mol. The van der Waals surface area contributed by atoms with Gasteiger partial charge in [0.05, 0.1) is 6.54 Å². The number of nitrogens with zero attached hydrogens (tertiary/aromatic N) is 7. The average Bonchev–Trinajstić information content (AvgIpc) is 3.76. The minimum absolute atomic E-state index is 0.537. The molecule has 40 heavy (non-hydrogen) atoms. The van der Waals surface area contributed by atoms with Crippen LogP contribution in [0.2, 0.25) is 0 Å². The lowest BCUT2D eigenvalue weighted by Gasteiger charge is -2.27. The number of methoxy groups -OCH3 is 2. The van der Waals surface area contributed by atoms with Crippen LogP contribution in [0.15, 0.2) is 66.9 Å². The standard InChI is InChI=1S/C30H36N8O2/c1-5-7-13-26-31-29(30(39-3,40-4)19-6-2)34-38(26)21-22-14-16-24(17-15-22)37-20-18-25(23-11-9-8-10-12-23)27(37)28-32-35-36-33-28/h8-12,14-18,20H,5-7,13,19,21H2,1-4H3,(H,32,33,35,36). The molecule has 0 unspecified atom stereocenters. The van der Waals surface area contributed by atoms with E-state index in [-0.39, 0.29) is 0 Å². The van der Waals surface area contributed by atoms with Crippen molar-refractivity contribution < 1.29 is 9.47 Å². The van der Waals surface area contributed by atoms with Crippen molar-refractivity contribution in [3.05, 3.63) is 84.1 Å². The SMILES string of the molecule is CCCCc1nc(C(CCC)(OC)OC)nn1Cc1ccc(-n2ccc(-c3ccccc3)c2-c2nn[nH]n2)cc1. The van der Waals surface area contributed by atoms with Gasteiger partial charge in [0.25, 0.3) is 0 Å². The quantitative estimate of drug-likeness (QED) is 0.195. The Morgan fingerprint density at radius 2 is 1.70 bits per heavy atom. The molecule has 10 nitrogen and oxygen atoms in total. The van der Waals surface area contributed by atoms with Gasteiger partial charge in [-0.25, -0.2) is 9.67 Å². The molecule has 0 radical (unpaired) electrons. The van der Waals surface area contributed by atoms with E-state index in [1.54, 1.807) is 14.2 Å². The molecule has 208 valence electrons. The van der Waals surface area contributed by atoms with Gasteiger partial charge in [-0.05, 0) is 41.0 Å². The molecule has 0 saturated heterocycles. The summed E-state index contributed by atoms with van der Waals surface area (Å²) in [5.74, 6) is 1.11. The number of unbranched alkanes of at least 4 members (excludes halogenated alkanes) is 1. The summed E-state index contributed by atoms with van der Waals surface area (Å²) >= 11 is 0. The minimum atomic E-state index is -0.943. The van der Waals surface area contributed by atoms with Crippen LogP contribution in [0.25, 0.3) is 28.3 Å². The number of tetrazole rings is 1. The van der Waals surface area contributed by atoms with Gasteiger partial charge in [-0.1, -0.05) is 69.2 Å². The van der Waals surface area contributed by atoms with Gasteiger partial charge in [-0.2, -0.15) is 5.21 Å². The second kappa shape index (κ2) is 12.4. The summed E-state index contributed by atoms with van der Waals surface area (Å²) < 4.78 is 15.7. The van der Waals surface area contributed by atoms with Gasteiger partial charge >= 0.3 is 0 Å². The van der Waals surface area contributed by atoms with Crippen molar-refractivity contribution in [1.29, 1.82) is 0 Å². The Balaban J connectivity index is 1.46. The maximum absolute atomic E-state index is 5.80. The van der Waals surface area contributed by atoms with Crippen molar-refractivity contribution in [2.75, 3.05) is 14.2 Å². The second-order valence-electron chi connectivity index (χ2n) is 9.74. The van der Waals surface area contributed by atoms with Crippen molar-refractivity contribution >= 4 is 0 Å². The van der Waals surface area contributed by atoms with Crippen molar-refractivity contribution in [1.82, 2.24) is 40.0 Å². The van der Waals surface area contributed by atoms with Crippen molar-refractivity contribution in [2.45, 2.75) is 58.3 Å². The van der Waals surface area contributed by atoms with Crippen LogP contribution in [0.3, 0.4) is 0 Å². The normalized spacial score (nSPS) is 11.8. The molecule has 0 saturated carbocycles. The molecule has 3 aromatic heterocycles. The Labute approximate surface area is 234 Å². The number of aromatic amines is 1. The lowest BCUT2D eigenvalue weighted by atomic mass is 10.1. The number of ether oxygens (including phenoxy) is 2. The number of hydrogen-bond donors (Lipinski definition) is 1. The zero-order valence-electron chi connectivity index (χ0n) is 23.5. The van der Waals surface area contributed by atoms with E-state index in [0.29, 0.717) is 24.6 Å². The van der Waals surface area contributed by atoms with Crippen LogP contribution < -0.4 is 0 Å². The molecule has 1 N–H and O–H groups in total. The summed E-state index contributed by atoms with van der Waals surface area (Å²) in [5.41, 5.74) is 5.11. The molecule has 0 spiro atoms. The summed E-state index contributed by atoms with van der Waals surface area (Å²) in [6.07, 6.45) is 6.56. The zero-order valence-corrected chi connectivity index (χ0v) is 23.5. The van der Waals surface area contributed by atoms with Crippen molar-refractivity contribution in [2.24, 2.45) is 0 Å². The first-order chi connectivity index (χ1) is 19.6. The van der Waals surface area contributed by atoms with E-state index in [9.17, 15) is 0 Å². The topological polar surface area (TPSA) is 109 Å². The van der Waals surface area contributed by atoms with E-state index in [2.05, 4.69) is 81.5 Å². The minimum Gasteiger partial charge on any atom is -0.347 e. The lowest BCUT2D eigenvalue weighted by molar-refractivity contribution is -0.225. The summed E-state index contributed by atoms with van der Waals surface area (Å²) in [6.45, 7) is 4.88. The number of rotatable bonds is 13. The molecule has 2 aromatic carbocycles. The molecule has 0 aliphatic carbocycles. The Morgan fingerprint density at radius 3 is 2.35 bits per heavy atom. The number of nitrogens with one attached hydrogen (secondary N) is 1. The van der Waals surface area contributed by atoms with Crippen LogP contribution in [0.1, 0.15) is 56.7 Å². The van der Waals surface area contributed by atoms with Crippen LogP contribution in [-0.4, -0.2) is 54.2 Å². The predicted octanol–water partition coefficient (Wildman–Crippen LogP) is 5.55. The van der Waals surface area contributed by atoms with Crippen molar-refractivity contribution in [3.8, 4) is 28.3 Å². The fourth-order valence-electron chi connectivity index (χ4n) is 5.02. The number of aryl methyl sites for hydroxylation is 1. The maximum atomic E-state index is 5.80. The molecule has 0 aliphatic heterocycles. The van der Waals surface area contributed by atoms with E-state index in [0.717, 1.165) is 59.6 Å². The number of benzene rings is 2. The lowest BCUT2D eigenvalue weighted by Crippen LogP contribution is -2.32. The Morgan fingerprint density at radius 1 is 0.925 bits per heavy atom. The van der Waals surface area contributed by atoms with E-state index in [1.165, 1.54) is 0 Å². The van der Waals surface area contributed by atoms with Gasteiger partial charge in [0.2, 0.25) is 17.4 Å². The van der Waals surface area contributed by atoms with Gasteiger partial charge in [-0.15, -0.1) is 15.3 Å². The molecule has 10 heteroatoms. The van der Waals surface area contributed by atoms with Gasteiger partial charge in [0.15, 0.2) is 0 Å². The molecule has 5 rings (SSSR count). The number of hydrogen-bond acceptors (Lipinski definition) is 7. The average molecular weight is 541 g/mol. The molecular formula is C30H36N8O2. The first kappa shape index (κ1) is 27.4. The highest BCUT2D eigenvalue weighted by molar-refractivity contribution is 5.80. The highest BCUT2D eigenvalue weighted by atomic mass is 16.7. The highest BCUT2D eigenvalue weighted by Crippen LogP contribution is 2.33. The molecule has 5 aromatic rings. The van der Waals surface area contributed by atoms with Crippen LogP contribution in [0.5, 0.6) is 0 Å². The maximum Gasteiger partial charge on any atom is 0.231 e. The van der Waals surface area contributed by atoms with Crippen LogP contribution in [-0.2, 0) is 28.2 Å². The van der Waals surface area contributed by atoms with E-state index < -0.39 is 5.79 Å². The van der Waals surface area contributed by atoms with E-state index in [1.807, 2.05) is 29.1 Å². The van der Waals surface area contributed by atoms with Crippen LogP contribution in [0, 0.1) is 0 Å². The highest BCUT2D eigenvalue weighted by Gasteiger charge is 2.36. The van der Waals surface area contributed by atoms with E-state index in [4.69, 9.17) is 19.6 Å². The Kier molecular flexibility index (Phi) is 8.47. The molecule has 0 amide bonds. The van der Waals surface area contributed by atoms with Crippen LogP contribution in [0.4, 0.5) is 0 Å². The van der Waals surface area contributed by atoms with Gasteiger partial charge in [0, 0.05) is 44.5 Å². The van der Waals surface area contributed by atoms with Gasteiger partial charge in [-0.3, -0.25) is 0 Å². The Bertz CT molecular complexity index is 1490. The summed E-state index contributed by atoms with van der Waals surface area (Å²) in [4.78, 5) is 4.89. The molecule has 0 aliphatic rings. The monoisotopic (exact) mass is 540 g/mol. The fraction of sp³-hybridized carbons (Fsp3) is 0.367. The number of H-pyrrole nitrogens is 1. The van der Waals surface area contributed by atoms with E-state index >= 15 is 0 Å².